The molecule has 7 nitrogen and oxygen atoms in total. The minimum atomic E-state index is -0.346. The van der Waals surface area contributed by atoms with Gasteiger partial charge < -0.3 is 14.8 Å². The summed E-state index contributed by atoms with van der Waals surface area (Å²) in [6.45, 7) is 0.414. The second kappa shape index (κ2) is 9.16. The van der Waals surface area contributed by atoms with Crippen LogP contribution in [0.15, 0.2) is 85.2 Å². The van der Waals surface area contributed by atoms with Crippen molar-refractivity contribution < 1.29 is 14.3 Å². The topological polar surface area (TPSA) is 78.3 Å². The number of nitrogens with one attached hydrogen (secondary N) is 1. The maximum absolute atomic E-state index is 11.6. The average molecular weight is 441 g/mol. The number of nitrogens with zero attached hydrogens (tertiary/aromatic N) is 3. The van der Waals surface area contributed by atoms with Crippen LogP contribution in [0.3, 0.4) is 0 Å². The predicted octanol–water partition coefficient (Wildman–Crippen LogP) is 4.79. The van der Waals surface area contributed by atoms with Crippen LogP contribution in [0, 0.1) is 0 Å². The molecule has 1 aliphatic rings. The van der Waals surface area contributed by atoms with Crippen molar-refractivity contribution in [3.8, 4) is 5.75 Å². The second-order valence-electron chi connectivity index (χ2n) is 7.93. The molecule has 166 valence electrons. The molecule has 1 aliphatic heterocycles. The molecule has 0 saturated carbocycles. The van der Waals surface area contributed by atoms with Crippen LogP contribution >= 0.6 is 0 Å². The van der Waals surface area contributed by atoms with E-state index in [0.29, 0.717) is 12.2 Å². The van der Waals surface area contributed by atoms with Crippen LogP contribution in [-0.2, 0) is 11.3 Å². The number of fused-ring (bicyclic) bond motifs is 1. The third-order valence-electron chi connectivity index (χ3n) is 5.88. The second-order valence-corrected chi connectivity index (χ2v) is 7.93. The molecule has 4 aromatic rings. The van der Waals surface area contributed by atoms with Gasteiger partial charge in [0, 0.05) is 0 Å². The highest BCUT2D eigenvalue weighted by Crippen LogP contribution is 2.37. The van der Waals surface area contributed by atoms with E-state index in [4.69, 9.17) is 9.47 Å². The van der Waals surface area contributed by atoms with Crippen LogP contribution in [-0.4, -0.2) is 27.8 Å². The minimum Gasteiger partial charge on any atom is -0.489 e. The van der Waals surface area contributed by atoms with E-state index in [1.54, 1.807) is 18.5 Å². The lowest BCUT2D eigenvalue weighted by molar-refractivity contribution is 0.0600. The first-order valence-electron chi connectivity index (χ1n) is 10.8. The molecule has 0 amide bonds. The summed E-state index contributed by atoms with van der Waals surface area (Å²) in [6.07, 6.45) is 2.46. The minimum absolute atomic E-state index is 0.0777. The van der Waals surface area contributed by atoms with Crippen LogP contribution < -0.4 is 10.1 Å². The van der Waals surface area contributed by atoms with Crippen LogP contribution in [0.1, 0.15) is 45.6 Å². The van der Waals surface area contributed by atoms with E-state index < -0.39 is 0 Å². The maximum Gasteiger partial charge on any atom is 0.337 e. The zero-order chi connectivity index (χ0) is 22.6. The lowest BCUT2D eigenvalue weighted by Gasteiger charge is -2.31. The van der Waals surface area contributed by atoms with E-state index in [1.807, 2.05) is 35.0 Å². The first-order valence-corrected chi connectivity index (χ1v) is 10.8. The molecule has 2 heterocycles. The largest absolute Gasteiger partial charge is 0.489 e. The summed E-state index contributed by atoms with van der Waals surface area (Å²) in [6, 6.07) is 26.0. The molecule has 0 fully saturated rings. The first-order chi connectivity index (χ1) is 16.2. The molecular formula is C26H24N4O3. The summed E-state index contributed by atoms with van der Waals surface area (Å²) in [5, 5.41) is 7.94. The Hall–Kier alpha value is -4.13. The number of hydrogen-bond acceptors (Lipinski definition) is 6. The Balaban J connectivity index is 1.28. The van der Waals surface area contributed by atoms with Crippen molar-refractivity contribution in [3.63, 3.8) is 0 Å². The van der Waals surface area contributed by atoms with Gasteiger partial charge in [0.15, 0.2) is 0 Å². The Bertz CT molecular complexity index is 1220. The lowest BCUT2D eigenvalue weighted by atomic mass is 9.93. The number of carbonyl (C=O) groups excluding carboxylic acids is 1. The molecule has 0 spiro atoms. The SMILES string of the molecule is COC(=O)c1ccc(COc2ccc([C@@H]3C[C@H](c4ccccc4)Nc4ncnn43)cc2)cc1. The lowest BCUT2D eigenvalue weighted by Crippen LogP contribution is -2.28. The van der Waals surface area contributed by atoms with Gasteiger partial charge in [-0.2, -0.15) is 10.1 Å². The summed E-state index contributed by atoms with van der Waals surface area (Å²) in [4.78, 5) is 16.0. The highest BCUT2D eigenvalue weighted by atomic mass is 16.5. The van der Waals surface area contributed by atoms with Crippen molar-refractivity contribution in [1.29, 1.82) is 0 Å². The Morgan fingerprint density at radius 2 is 1.76 bits per heavy atom. The normalized spacial score (nSPS) is 17.0. The third kappa shape index (κ3) is 4.43. The Labute approximate surface area is 192 Å². The van der Waals surface area contributed by atoms with Gasteiger partial charge in [0.2, 0.25) is 5.95 Å². The van der Waals surface area contributed by atoms with E-state index in [9.17, 15) is 4.79 Å². The van der Waals surface area contributed by atoms with Gasteiger partial charge >= 0.3 is 5.97 Å². The Morgan fingerprint density at radius 3 is 2.48 bits per heavy atom. The van der Waals surface area contributed by atoms with Crippen molar-refractivity contribution >= 4 is 11.9 Å². The van der Waals surface area contributed by atoms with Gasteiger partial charge in [0.05, 0.1) is 24.8 Å². The maximum atomic E-state index is 11.6. The summed E-state index contributed by atoms with van der Waals surface area (Å²) in [5.41, 5.74) is 3.88. The zero-order valence-corrected chi connectivity index (χ0v) is 18.2. The van der Waals surface area contributed by atoms with E-state index in [-0.39, 0.29) is 18.1 Å². The number of aromatic nitrogens is 3. The number of benzene rings is 3. The van der Waals surface area contributed by atoms with Crippen LogP contribution in [0.5, 0.6) is 5.75 Å². The van der Waals surface area contributed by atoms with Crippen molar-refractivity contribution in [3.05, 3.63) is 107 Å². The molecular weight excluding hydrogens is 416 g/mol. The summed E-state index contributed by atoms with van der Waals surface area (Å²) < 4.78 is 12.6. The molecule has 3 aromatic carbocycles. The number of ether oxygens (including phenoxy) is 2. The van der Waals surface area contributed by atoms with Crippen LogP contribution in [0.2, 0.25) is 0 Å². The number of anilines is 1. The molecule has 5 rings (SSSR count). The first kappa shape index (κ1) is 20.8. The van der Waals surface area contributed by atoms with Gasteiger partial charge in [-0.1, -0.05) is 54.6 Å². The monoisotopic (exact) mass is 440 g/mol. The fraction of sp³-hybridized carbons (Fsp3) is 0.192. The summed E-state index contributed by atoms with van der Waals surface area (Å²) in [5.74, 6) is 1.21. The van der Waals surface area contributed by atoms with Gasteiger partial charge in [-0.3, -0.25) is 0 Å². The standard InChI is InChI=1S/C26H24N4O3/c1-32-25(31)21-9-7-18(8-10-21)16-33-22-13-11-20(12-14-22)24-15-23(19-5-3-2-4-6-19)29-26-27-17-28-30(24)26/h2-14,17,23-24H,15-16H2,1H3,(H,27,28,29)/t23-,24+/m1/s1. The molecule has 2 atom stereocenters. The van der Waals surface area contributed by atoms with Crippen molar-refractivity contribution in [2.24, 2.45) is 0 Å². The van der Waals surface area contributed by atoms with E-state index in [1.165, 1.54) is 12.7 Å². The molecule has 0 bridgehead atoms. The molecule has 0 unspecified atom stereocenters. The molecule has 33 heavy (non-hydrogen) atoms. The van der Waals surface area contributed by atoms with Gasteiger partial charge in [0.25, 0.3) is 0 Å². The Morgan fingerprint density at radius 1 is 1.00 bits per heavy atom. The van der Waals surface area contributed by atoms with E-state index >= 15 is 0 Å². The Kier molecular flexibility index (Phi) is 5.76. The molecule has 1 N–H and O–H groups in total. The van der Waals surface area contributed by atoms with Gasteiger partial charge in [-0.15, -0.1) is 0 Å². The van der Waals surface area contributed by atoms with Crippen LogP contribution in [0.25, 0.3) is 0 Å². The van der Waals surface area contributed by atoms with Crippen molar-refractivity contribution in [1.82, 2.24) is 14.8 Å². The number of carbonyl (C=O) groups is 1. The van der Waals surface area contributed by atoms with Gasteiger partial charge in [0.1, 0.15) is 18.7 Å². The number of rotatable bonds is 6. The highest BCUT2D eigenvalue weighted by Gasteiger charge is 2.29. The van der Waals surface area contributed by atoms with Gasteiger partial charge in [-0.25, -0.2) is 9.48 Å². The summed E-state index contributed by atoms with van der Waals surface area (Å²) >= 11 is 0. The highest BCUT2D eigenvalue weighted by molar-refractivity contribution is 5.89. The van der Waals surface area contributed by atoms with Gasteiger partial charge in [-0.05, 0) is 47.4 Å². The number of esters is 1. The summed E-state index contributed by atoms with van der Waals surface area (Å²) in [7, 11) is 1.37. The third-order valence-corrected chi connectivity index (χ3v) is 5.88. The zero-order valence-electron chi connectivity index (χ0n) is 18.2. The number of methoxy groups -OCH3 is 1. The average Bonchev–Trinajstić information content (AvgIpc) is 3.36. The number of hydrogen-bond donors (Lipinski definition) is 1. The smallest absolute Gasteiger partial charge is 0.337 e. The molecule has 0 saturated heterocycles. The van der Waals surface area contributed by atoms with Crippen molar-refractivity contribution in [2.45, 2.75) is 25.1 Å². The molecule has 0 aliphatic carbocycles. The predicted molar refractivity (Wildman–Crippen MR) is 124 cm³/mol. The fourth-order valence-corrected chi connectivity index (χ4v) is 4.11. The molecule has 1 aromatic heterocycles. The van der Waals surface area contributed by atoms with Crippen molar-refractivity contribution in [2.75, 3.05) is 12.4 Å². The van der Waals surface area contributed by atoms with Crippen LogP contribution in [0.4, 0.5) is 5.95 Å². The quantitative estimate of drug-likeness (QED) is 0.435. The van der Waals surface area contributed by atoms with E-state index in [2.05, 4.69) is 51.8 Å². The molecule has 7 heteroatoms. The fourth-order valence-electron chi connectivity index (χ4n) is 4.11. The molecule has 0 radical (unpaired) electrons. The van der Waals surface area contributed by atoms with E-state index in [0.717, 1.165) is 29.2 Å².